The topological polar surface area (TPSA) is 52.6 Å². The van der Waals surface area contributed by atoms with Crippen molar-refractivity contribution in [2.75, 3.05) is 7.11 Å². The van der Waals surface area contributed by atoms with Crippen LogP contribution < -0.4 is 4.74 Å². The van der Waals surface area contributed by atoms with Crippen LogP contribution in [0, 0.1) is 6.92 Å². The highest BCUT2D eigenvalue weighted by atomic mass is 32.2. The van der Waals surface area contributed by atoms with E-state index in [0.717, 1.165) is 11.6 Å². The summed E-state index contributed by atoms with van der Waals surface area (Å²) in [6.07, 6.45) is -7.60. The van der Waals surface area contributed by atoms with E-state index in [2.05, 4.69) is 4.18 Å². The Labute approximate surface area is 138 Å². The third-order valence-corrected chi connectivity index (χ3v) is 4.55. The zero-order valence-electron chi connectivity index (χ0n) is 12.9. The summed E-state index contributed by atoms with van der Waals surface area (Å²) in [7, 11) is -3.41. The minimum atomic E-state index is -4.94. The molecule has 2 aromatic rings. The fraction of sp³-hybridized carbons (Fsp3) is 0.250. The maximum absolute atomic E-state index is 13.4. The van der Waals surface area contributed by atoms with E-state index in [1.165, 1.54) is 49.6 Å². The molecule has 24 heavy (non-hydrogen) atoms. The number of rotatable bonds is 5. The molecule has 0 aromatic heterocycles. The first-order valence-corrected chi connectivity index (χ1v) is 8.25. The van der Waals surface area contributed by atoms with Crippen LogP contribution in [0.1, 0.15) is 17.2 Å². The molecule has 0 fully saturated rings. The van der Waals surface area contributed by atoms with Crippen molar-refractivity contribution in [1.29, 1.82) is 0 Å². The summed E-state index contributed by atoms with van der Waals surface area (Å²) in [4.78, 5) is -0.350. The van der Waals surface area contributed by atoms with Gasteiger partial charge in [-0.25, -0.2) is 4.18 Å². The third kappa shape index (κ3) is 4.07. The SMILES string of the molecule is COc1ccccc1C(OS(=O)(=O)c1ccc(C)cc1)C(F)(F)F. The van der Waals surface area contributed by atoms with Gasteiger partial charge in [-0.2, -0.15) is 21.6 Å². The van der Waals surface area contributed by atoms with Gasteiger partial charge in [-0.15, -0.1) is 0 Å². The smallest absolute Gasteiger partial charge is 0.420 e. The molecule has 0 heterocycles. The van der Waals surface area contributed by atoms with Crippen LogP contribution in [0.15, 0.2) is 53.4 Å². The number of halogens is 3. The second-order valence-corrected chi connectivity index (χ2v) is 6.60. The van der Waals surface area contributed by atoms with Gasteiger partial charge in [-0.05, 0) is 25.1 Å². The quantitative estimate of drug-likeness (QED) is 0.756. The lowest BCUT2D eigenvalue weighted by Gasteiger charge is -2.22. The number of aryl methyl sites for hydroxylation is 1. The molecule has 8 heteroatoms. The van der Waals surface area contributed by atoms with Gasteiger partial charge in [0.2, 0.25) is 6.10 Å². The molecule has 1 unspecified atom stereocenters. The van der Waals surface area contributed by atoms with Crippen molar-refractivity contribution in [2.45, 2.75) is 24.1 Å². The zero-order chi connectivity index (χ0) is 18.0. The van der Waals surface area contributed by atoms with Crippen molar-refractivity contribution in [1.82, 2.24) is 0 Å². The fourth-order valence-electron chi connectivity index (χ4n) is 2.05. The summed E-state index contributed by atoms with van der Waals surface area (Å²) >= 11 is 0. The van der Waals surface area contributed by atoms with Gasteiger partial charge in [0.1, 0.15) is 5.75 Å². The van der Waals surface area contributed by atoms with Crippen LogP contribution in [0.4, 0.5) is 13.2 Å². The van der Waals surface area contributed by atoms with Crippen LogP contribution in [0.5, 0.6) is 5.75 Å². The highest BCUT2D eigenvalue weighted by Crippen LogP contribution is 2.41. The number of hydrogen-bond donors (Lipinski definition) is 0. The van der Waals surface area contributed by atoms with Crippen LogP contribution in [0.3, 0.4) is 0 Å². The number of ether oxygens (including phenoxy) is 1. The van der Waals surface area contributed by atoms with Crippen LogP contribution >= 0.6 is 0 Å². The van der Waals surface area contributed by atoms with Crippen molar-refractivity contribution in [3.63, 3.8) is 0 Å². The normalized spacial score (nSPS) is 13.5. The Kier molecular flexibility index (Phi) is 5.19. The van der Waals surface area contributed by atoms with Crippen molar-refractivity contribution in [3.8, 4) is 5.75 Å². The summed E-state index contributed by atoms with van der Waals surface area (Å²) < 4.78 is 74.0. The summed E-state index contributed by atoms with van der Waals surface area (Å²) in [5.74, 6) is -0.112. The molecular formula is C16H15F3O4S. The second-order valence-electron chi connectivity index (χ2n) is 5.03. The third-order valence-electron chi connectivity index (χ3n) is 3.25. The Bertz CT molecular complexity index is 799. The number of alkyl halides is 3. The summed E-state index contributed by atoms with van der Waals surface area (Å²) in [5.41, 5.74) is 0.356. The standard InChI is InChI=1S/C16H15F3O4S/c1-11-7-9-12(10-8-11)24(20,21)23-15(16(17,18)19)13-5-3-4-6-14(13)22-2/h3-10,15H,1-2H3. The Morgan fingerprint density at radius 3 is 2.12 bits per heavy atom. The minimum absolute atomic E-state index is 0.112. The van der Waals surface area contributed by atoms with E-state index in [1.807, 2.05) is 0 Å². The fourth-order valence-corrected chi connectivity index (χ4v) is 3.10. The molecule has 4 nitrogen and oxygen atoms in total. The maximum atomic E-state index is 13.4. The molecule has 0 aliphatic heterocycles. The summed E-state index contributed by atoms with van der Waals surface area (Å²) in [6, 6.07) is 10.6. The molecule has 0 saturated carbocycles. The van der Waals surface area contributed by atoms with E-state index in [-0.39, 0.29) is 10.6 Å². The van der Waals surface area contributed by atoms with Gasteiger partial charge in [0, 0.05) is 5.56 Å². The van der Waals surface area contributed by atoms with Gasteiger partial charge in [0.05, 0.1) is 12.0 Å². The van der Waals surface area contributed by atoms with Crippen LogP contribution in [0.25, 0.3) is 0 Å². The van der Waals surface area contributed by atoms with Crippen LogP contribution in [-0.4, -0.2) is 21.7 Å². The van der Waals surface area contributed by atoms with Crippen LogP contribution in [0.2, 0.25) is 0 Å². The van der Waals surface area contributed by atoms with E-state index in [0.29, 0.717) is 0 Å². The molecule has 2 aromatic carbocycles. The Morgan fingerprint density at radius 2 is 1.58 bits per heavy atom. The summed E-state index contributed by atoms with van der Waals surface area (Å²) in [6.45, 7) is 1.73. The number of hydrogen-bond acceptors (Lipinski definition) is 4. The molecule has 1 atom stereocenters. The highest BCUT2D eigenvalue weighted by Gasteiger charge is 2.46. The first kappa shape index (κ1) is 18.3. The monoisotopic (exact) mass is 360 g/mol. The zero-order valence-corrected chi connectivity index (χ0v) is 13.7. The average molecular weight is 360 g/mol. The van der Waals surface area contributed by atoms with Gasteiger partial charge in [-0.3, -0.25) is 0 Å². The molecule has 0 spiro atoms. The number of methoxy groups -OCH3 is 1. The van der Waals surface area contributed by atoms with Gasteiger partial charge in [0.25, 0.3) is 10.1 Å². The van der Waals surface area contributed by atoms with Crippen molar-refractivity contribution in [3.05, 3.63) is 59.7 Å². The molecular weight excluding hydrogens is 345 g/mol. The van der Waals surface area contributed by atoms with Crippen molar-refractivity contribution in [2.24, 2.45) is 0 Å². The number of para-hydroxylation sites is 1. The molecule has 0 bridgehead atoms. The molecule has 0 saturated heterocycles. The number of benzene rings is 2. The van der Waals surface area contributed by atoms with E-state index >= 15 is 0 Å². The van der Waals surface area contributed by atoms with Crippen molar-refractivity contribution < 1.29 is 30.5 Å². The Morgan fingerprint density at radius 1 is 1.00 bits per heavy atom. The van der Waals surface area contributed by atoms with Crippen molar-refractivity contribution >= 4 is 10.1 Å². The van der Waals surface area contributed by atoms with Gasteiger partial charge >= 0.3 is 6.18 Å². The lowest BCUT2D eigenvalue weighted by Crippen LogP contribution is -2.26. The predicted molar refractivity (Wildman–Crippen MR) is 81.2 cm³/mol. The largest absolute Gasteiger partial charge is 0.496 e. The van der Waals surface area contributed by atoms with Gasteiger partial charge < -0.3 is 4.74 Å². The molecule has 2 rings (SSSR count). The molecule has 0 aliphatic rings. The van der Waals surface area contributed by atoms with E-state index in [1.54, 1.807) is 6.92 Å². The van der Waals surface area contributed by atoms with Gasteiger partial charge in [-0.1, -0.05) is 35.9 Å². The van der Waals surface area contributed by atoms with E-state index in [4.69, 9.17) is 4.74 Å². The van der Waals surface area contributed by atoms with Gasteiger partial charge in [0.15, 0.2) is 0 Å². The maximum Gasteiger partial charge on any atom is 0.420 e. The summed E-state index contributed by atoms with van der Waals surface area (Å²) in [5, 5.41) is 0. The molecule has 0 radical (unpaired) electrons. The Balaban J connectivity index is 2.45. The minimum Gasteiger partial charge on any atom is -0.496 e. The first-order chi connectivity index (χ1) is 11.1. The first-order valence-electron chi connectivity index (χ1n) is 6.85. The predicted octanol–water partition coefficient (Wildman–Crippen LogP) is 4.01. The van der Waals surface area contributed by atoms with E-state index in [9.17, 15) is 21.6 Å². The molecule has 0 N–H and O–H groups in total. The lowest BCUT2D eigenvalue weighted by molar-refractivity contribution is -0.197. The van der Waals surface area contributed by atoms with Crippen LogP contribution in [-0.2, 0) is 14.3 Å². The highest BCUT2D eigenvalue weighted by molar-refractivity contribution is 7.86. The Hall–Kier alpha value is -2.06. The molecule has 0 aliphatic carbocycles. The average Bonchev–Trinajstić information content (AvgIpc) is 2.52. The van der Waals surface area contributed by atoms with E-state index < -0.39 is 28.0 Å². The molecule has 0 amide bonds. The lowest BCUT2D eigenvalue weighted by atomic mass is 10.1. The molecule has 130 valence electrons. The second kappa shape index (κ2) is 6.82.